The summed E-state index contributed by atoms with van der Waals surface area (Å²) in [7, 11) is 0. The Kier molecular flexibility index (Phi) is 5.05. The van der Waals surface area contributed by atoms with Crippen molar-refractivity contribution < 1.29 is 14.7 Å². The molecule has 0 bridgehead atoms. The minimum Gasteiger partial charge on any atom is -0.481 e. The third-order valence-electron chi connectivity index (χ3n) is 3.53. The van der Waals surface area contributed by atoms with Crippen LogP contribution in [0.2, 0.25) is 5.02 Å². The zero-order valence-corrected chi connectivity index (χ0v) is 13.7. The normalized spacial score (nSPS) is 11.3. The summed E-state index contributed by atoms with van der Waals surface area (Å²) in [6.07, 6.45) is 3.40. The van der Waals surface area contributed by atoms with Crippen molar-refractivity contribution in [2.45, 2.75) is 20.3 Å². The van der Waals surface area contributed by atoms with Crippen molar-refractivity contribution in [2.24, 2.45) is 5.41 Å². The number of hydrogen-bond acceptors (Lipinski definition) is 3. The number of nitrogens with one attached hydrogen (secondary N) is 1. The number of benzene rings is 1. The van der Waals surface area contributed by atoms with Crippen LogP contribution in [-0.2, 0) is 4.79 Å². The predicted molar refractivity (Wildman–Crippen MR) is 86.9 cm³/mol. The Morgan fingerprint density at radius 1 is 1.39 bits per heavy atom. The van der Waals surface area contributed by atoms with Crippen molar-refractivity contribution in [3.8, 4) is 5.69 Å². The molecule has 1 heterocycles. The highest BCUT2D eigenvalue weighted by atomic mass is 35.5. The molecule has 7 heteroatoms. The van der Waals surface area contributed by atoms with Gasteiger partial charge in [-0.25, -0.2) is 4.68 Å². The van der Waals surface area contributed by atoms with Crippen LogP contribution in [-0.4, -0.2) is 33.3 Å². The Hall–Kier alpha value is -2.34. The molecule has 0 aliphatic carbocycles. The molecular weight excluding hydrogens is 318 g/mol. The highest BCUT2D eigenvalue weighted by Crippen LogP contribution is 2.19. The lowest BCUT2D eigenvalue weighted by Gasteiger charge is -2.18. The largest absolute Gasteiger partial charge is 0.481 e. The minimum atomic E-state index is -0.888. The van der Waals surface area contributed by atoms with Gasteiger partial charge < -0.3 is 10.4 Å². The number of carbonyl (C=O) groups is 2. The molecule has 2 N–H and O–H groups in total. The number of carboxylic acid groups (broad SMARTS) is 1. The molecule has 0 saturated heterocycles. The number of hydrogen-bond donors (Lipinski definition) is 2. The lowest BCUT2D eigenvalue weighted by Crippen LogP contribution is -2.31. The van der Waals surface area contributed by atoms with Gasteiger partial charge in [-0.3, -0.25) is 9.59 Å². The monoisotopic (exact) mass is 335 g/mol. The van der Waals surface area contributed by atoms with Gasteiger partial charge in [-0.1, -0.05) is 17.7 Å². The van der Waals surface area contributed by atoms with Gasteiger partial charge >= 0.3 is 5.97 Å². The number of amides is 1. The zero-order chi connectivity index (χ0) is 17.0. The highest BCUT2D eigenvalue weighted by Gasteiger charge is 2.26. The van der Waals surface area contributed by atoms with E-state index in [1.54, 1.807) is 42.9 Å². The molecule has 0 spiro atoms. The Morgan fingerprint density at radius 2 is 2.13 bits per heavy atom. The molecule has 1 amide bonds. The van der Waals surface area contributed by atoms with Crippen molar-refractivity contribution in [3.05, 3.63) is 47.2 Å². The third-order valence-corrected chi connectivity index (χ3v) is 3.77. The number of rotatable bonds is 6. The van der Waals surface area contributed by atoms with E-state index in [1.165, 1.54) is 6.20 Å². The molecule has 0 atom stereocenters. The van der Waals surface area contributed by atoms with Gasteiger partial charge in [-0.15, -0.1) is 0 Å². The second-order valence-corrected chi connectivity index (χ2v) is 6.28. The Balaban J connectivity index is 1.98. The predicted octanol–water partition coefficient (Wildman–Crippen LogP) is 2.76. The first kappa shape index (κ1) is 17.0. The molecule has 0 unspecified atom stereocenters. The summed E-state index contributed by atoms with van der Waals surface area (Å²) in [6.45, 7) is 3.53. The number of carbonyl (C=O) groups excluding carboxylic acids is 1. The van der Waals surface area contributed by atoms with Gasteiger partial charge in [0.1, 0.15) is 0 Å². The summed E-state index contributed by atoms with van der Waals surface area (Å²) in [6, 6.07) is 7.13. The molecule has 0 aliphatic heterocycles. The van der Waals surface area contributed by atoms with Crippen LogP contribution in [0.25, 0.3) is 5.69 Å². The van der Waals surface area contributed by atoms with E-state index in [0.717, 1.165) is 5.69 Å². The number of aliphatic carboxylic acids is 1. The van der Waals surface area contributed by atoms with Crippen molar-refractivity contribution in [1.29, 1.82) is 0 Å². The minimum absolute atomic E-state index is 0.278. The number of aromatic nitrogens is 2. The van der Waals surface area contributed by atoms with Crippen LogP contribution in [0.1, 0.15) is 30.6 Å². The van der Waals surface area contributed by atoms with Gasteiger partial charge in [0, 0.05) is 17.8 Å². The van der Waals surface area contributed by atoms with Crippen molar-refractivity contribution in [1.82, 2.24) is 15.1 Å². The summed E-state index contributed by atoms with van der Waals surface area (Å²) >= 11 is 5.93. The first-order valence-electron chi connectivity index (χ1n) is 7.12. The van der Waals surface area contributed by atoms with Crippen LogP contribution in [0.4, 0.5) is 0 Å². The van der Waals surface area contributed by atoms with E-state index >= 15 is 0 Å². The quantitative estimate of drug-likeness (QED) is 0.850. The van der Waals surface area contributed by atoms with Gasteiger partial charge in [0.15, 0.2) is 0 Å². The van der Waals surface area contributed by atoms with Gasteiger partial charge in [0.2, 0.25) is 0 Å². The molecule has 0 aliphatic rings. The van der Waals surface area contributed by atoms with E-state index in [2.05, 4.69) is 10.4 Å². The van der Waals surface area contributed by atoms with Gasteiger partial charge in [0.05, 0.1) is 22.9 Å². The average molecular weight is 336 g/mol. The van der Waals surface area contributed by atoms with Crippen molar-refractivity contribution >= 4 is 23.5 Å². The number of carboxylic acids is 1. The summed E-state index contributed by atoms with van der Waals surface area (Å²) in [4.78, 5) is 23.1. The second-order valence-electron chi connectivity index (χ2n) is 5.85. The Morgan fingerprint density at radius 3 is 2.78 bits per heavy atom. The fourth-order valence-electron chi connectivity index (χ4n) is 1.90. The van der Waals surface area contributed by atoms with E-state index < -0.39 is 11.4 Å². The molecule has 0 saturated carbocycles. The SMILES string of the molecule is CC(C)(CCNC(=O)c1cnn(-c2cccc(Cl)c2)c1)C(=O)O. The topological polar surface area (TPSA) is 84.2 Å². The first-order valence-corrected chi connectivity index (χ1v) is 7.49. The molecule has 122 valence electrons. The third kappa shape index (κ3) is 4.32. The molecule has 6 nitrogen and oxygen atoms in total. The summed E-state index contributed by atoms with van der Waals surface area (Å²) in [5.74, 6) is -1.18. The molecule has 2 aromatic rings. The number of nitrogens with zero attached hydrogens (tertiary/aromatic N) is 2. The van der Waals surface area contributed by atoms with E-state index in [4.69, 9.17) is 16.7 Å². The zero-order valence-electron chi connectivity index (χ0n) is 12.9. The number of halogens is 1. The lowest BCUT2D eigenvalue weighted by atomic mass is 9.90. The van der Waals surface area contributed by atoms with Crippen LogP contribution in [0.5, 0.6) is 0 Å². The average Bonchev–Trinajstić information content (AvgIpc) is 2.96. The summed E-state index contributed by atoms with van der Waals surface area (Å²) in [5.41, 5.74) is 0.278. The molecular formula is C16H18ClN3O3. The van der Waals surface area contributed by atoms with Crippen LogP contribution in [0, 0.1) is 5.41 Å². The smallest absolute Gasteiger partial charge is 0.309 e. The van der Waals surface area contributed by atoms with E-state index in [9.17, 15) is 9.59 Å². The van der Waals surface area contributed by atoms with Gasteiger partial charge in [-0.05, 0) is 38.5 Å². The van der Waals surface area contributed by atoms with E-state index in [0.29, 0.717) is 17.0 Å². The maximum absolute atomic E-state index is 12.1. The molecule has 2 rings (SSSR count). The summed E-state index contributed by atoms with van der Waals surface area (Å²) in [5, 5.41) is 16.5. The van der Waals surface area contributed by atoms with Crippen LogP contribution in [0.15, 0.2) is 36.7 Å². The van der Waals surface area contributed by atoms with E-state index in [1.807, 2.05) is 6.07 Å². The molecule has 1 aromatic heterocycles. The van der Waals surface area contributed by atoms with Gasteiger partial charge in [-0.2, -0.15) is 5.10 Å². The van der Waals surface area contributed by atoms with Crippen molar-refractivity contribution in [2.75, 3.05) is 6.54 Å². The van der Waals surface area contributed by atoms with Crippen molar-refractivity contribution in [3.63, 3.8) is 0 Å². The summed E-state index contributed by atoms with van der Waals surface area (Å²) < 4.78 is 1.56. The maximum atomic E-state index is 12.1. The van der Waals surface area contributed by atoms with Crippen LogP contribution in [0.3, 0.4) is 0 Å². The Bertz CT molecular complexity index is 725. The lowest BCUT2D eigenvalue weighted by molar-refractivity contribution is -0.147. The fraction of sp³-hybridized carbons (Fsp3) is 0.312. The van der Waals surface area contributed by atoms with Crippen LogP contribution >= 0.6 is 11.6 Å². The Labute approximate surface area is 139 Å². The molecule has 0 fully saturated rings. The fourth-order valence-corrected chi connectivity index (χ4v) is 2.08. The second kappa shape index (κ2) is 6.83. The molecule has 1 aromatic carbocycles. The molecule has 0 radical (unpaired) electrons. The van der Waals surface area contributed by atoms with Gasteiger partial charge in [0.25, 0.3) is 5.91 Å². The van der Waals surface area contributed by atoms with E-state index in [-0.39, 0.29) is 12.5 Å². The standard InChI is InChI=1S/C16H18ClN3O3/c1-16(2,15(22)23)6-7-18-14(21)11-9-19-20(10-11)13-5-3-4-12(17)8-13/h3-5,8-10H,6-7H2,1-2H3,(H,18,21)(H,22,23). The highest BCUT2D eigenvalue weighted by molar-refractivity contribution is 6.30. The molecule has 23 heavy (non-hydrogen) atoms. The van der Waals surface area contributed by atoms with Crippen LogP contribution < -0.4 is 5.32 Å². The first-order chi connectivity index (χ1) is 10.8. The maximum Gasteiger partial charge on any atom is 0.309 e.